The Morgan fingerprint density at radius 3 is 2.29 bits per heavy atom. The van der Waals surface area contributed by atoms with Crippen molar-refractivity contribution in [1.82, 2.24) is 0 Å². The minimum atomic E-state index is -4.70. The van der Waals surface area contributed by atoms with Crippen LogP contribution in [0.25, 0.3) is 0 Å². The van der Waals surface area contributed by atoms with Crippen LogP contribution < -0.4 is 10.2 Å². The average Bonchev–Trinajstić information content (AvgIpc) is 2.92. The molecule has 0 aromatic heterocycles. The Hall–Kier alpha value is -3.04. The molecule has 1 N–H and O–H groups in total. The molecule has 0 unspecified atom stereocenters. The summed E-state index contributed by atoms with van der Waals surface area (Å²) in [7, 11) is 0. The molecule has 0 saturated heterocycles. The highest BCUT2D eigenvalue weighted by molar-refractivity contribution is 6.53. The summed E-state index contributed by atoms with van der Waals surface area (Å²) in [6, 6.07) is 8.01. The lowest BCUT2D eigenvalue weighted by molar-refractivity contribution is -0.137. The second-order valence-electron chi connectivity index (χ2n) is 6.22. The Morgan fingerprint density at radius 1 is 1.06 bits per heavy atom. The molecule has 0 saturated carbocycles. The molecule has 3 rings (SSSR count). The standard InChI is InChI=1S/C20H13Cl2F3N2O4/c1-2-31-19(30)10-3-6-12(7-4-10)26-16-15(22)17(28)27(18(16)29)14-9-11(20(23,24)25)5-8-13(14)21/h3-9,26H,2H2,1H3. The minimum absolute atomic E-state index is 0.200. The monoisotopic (exact) mass is 472 g/mol. The Bertz CT molecular complexity index is 1100. The smallest absolute Gasteiger partial charge is 0.416 e. The number of amides is 2. The van der Waals surface area contributed by atoms with Gasteiger partial charge in [0, 0.05) is 5.69 Å². The molecule has 31 heavy (non-hydrogen) atoms. The zero-order valence-corrected chi connectivity index (χ0v) is 17.2. The molecule has 11 heteroatoms. The van der Waals surface area contributed by atoms with E-state index in [0.29, 0.717) is 16.7 Å². The number of rotatable bonds is 5. The zero-order chi connectivity index (χ0) is 22.9. The van der Waals surface area contributed by atoms with Gasteiger partial charge in [-0.05, 0) is 49.4 Å². The molecule has 1 aliphatic rings. The van der Waals surface area contributed by atoms with Crippen molar-refractivity contribution in [2.45, 2.75) is 13.1 Å². The summed E-state index contributed by atoms with van der Waals surface area (Å²) >= 11 is 11.9. The molecular weight excluding hydrogens is 460 g/mol. The van der Waals surface area contributed by atoms with E-state index in [-0.39, 0.29) is 22.9 Å². The van der Waals surface area contributed by atoms with Crippen LogP contribution in [-0.4, -0.2) is 24.4 Å². The highest BCUT2D eigenvalue weighted by atomic mass is 35.5. The minimum Gasteiger partial charge on any atom is -0.462 e. The molecule has 2 amide bonds. The quantitative estimate of drug-likeness (QED) is 0.490. The van der Waals surface area contributed by atoms with Gasteiger partial charge in [0.05, 0.1) is 28.4 Å². The number of nitrogens with one attached hydrogen (secondary N) is 1. The van der Waals surface area contributed by atoms with Crippen molar-refractivity contribution in [2.75, 3.05) is 16.8 Å². The number of imide groups is 1. The fraction of sp³-hybridized carbons (Fsp3) is 0.150. The van der Waals surface area contributed by atoms with Gasteiger partial charge in [-0.25, -0.2) is 9.69 Å². The van der Waals surface area contributed by atoms with Gasteiger partial charge in [0.2, 0.25) is 0 Å². The van der Waals surface area contributed by atoms with E-state index in [9.17, 15) is 27.6 Å². The molecule has 162 valence electrons. The summed E-state index contributed by atoms with van der Waals surface area (Å²) in [5.74, 6) is -2.55. The number of carbonyl (C=O) groups is 3. The first kappa shape index (κ1) is 22.6. The van der Waals surface area contributed by atoms with Crippen LogP contribution in [0.5, 0.6) is 0 Å². The van der Waals surface area contributed by atoms with Crippen molar-refractivity contribution in [1.29, 1.82) is 0 Å². The second kappa shape index (κ2) is 8.60. The SMILES string of the molecule is CCOC(=O)c1ccc(NC2=C(Cl)C(=O)N(c3cc(C(F)(F)F)ccc3Cl)C2=O)cc1. The molecule has 0 radical (unpaired) electrons. The molecule has 0 bridgehead atoms. The fourth-order valence-corrected chi connectivity index (χ4v) is 3.15. The van der Waals surface area contributed by atoms with Gasteiger partial charge in [-0.2, -0.15) is 13.2 Å². The van der Waals surface area contributed by atoms with Gasteiger partial charge in [-0.15, -0.1) is 0 Å². The predicted octanol–water partition coefficient (Wildman–Crippen LogP) is 4.97. The lowest BCUT2D eigenvalue weighted by Gasteiger charge is -2.18. The highest BCUT2D eigenvalue weighted by Gasteiger charge is 2.41. The van der Waals surface area contributed by atoms with Crippen molar-refractivity contribution < 1.29 is 32.3 Å². The van der Waals surface area contributed by atoms with E-state index in [0.717, 1.165) is 12.1 Å². The maximum absolute atomic E-state index is 13.0. The third-order valence-electron chi connectivity index (χ3n) is 4.21. The van der Waals surface area contributed by atoms with Crippen molar-refractivity contribution >= 4 is 52.4 Å². The maximum Gasteiger partial charge on any atom is 0.416 e. The number of benzene rings is 2. The van der Waals surface area contributed by atoms with E-state index in [2.05, 4.69) is 5.32 Å². The predicted molar refractivity (Wildman–Crippen MR) is 108 cm³/mol. The summed E-state index contributed by atoms with van der Waals surface area (Å²) in [5, 5.41) is 1.89. The summed E-state index contributed by atoms with van der Waals surface area (Å²) in [6.07, 6.45) is -4.70. The van der Waals surface area contributed by atoms with Gasteiger partial charge in [-0.1, -0.05) is 23.2 Å². The first-order valence-corrected chi connectivity index (χ1v) is 9.49. The van der Waals surface area contributed by atoms with Crippen molar-refractivity contribution in [3.8, 4) is 0 Å². The Kier molecular flexibility index (Phi) is 6.28. The second-order valence-corrected chi connectivity index (χ2v) is 7.01. The van der Waals surface area contributed by atoms with E-state index in [1.807, 2.05) is 0 Å². The number of ether oxygens (including phenoxy) is 1. The number of nitrogens with zero attached hydrogens (tertiary/aromatic N) is 1. The van der Waals surface area contributed by atoms with Crippen molar-refractivity contribution in [2.24, 2.45) is 0 Å². The Labute approximate surface area is 184 Å². The van der Waals surface area contributed by atoms with Gasteiger partial charge in [0.25, 0.3) is 11.8 Å². The van der Waals surface area contributed by atoms with E-state index < -0.39 is 40.2 Å². The van der Waals surface area contributed by atoms with E-state index >= 15 is 0 Å². The molecule has 6 nitrogen and oxygen atoms in total. The third kappa shape index (κ3) is 4.52. The van der Waals surface area contributed by atoms with Gasteiger partial charge in [0.1, 0.15) is 10.7 Å². The van der Waals surface area contributed by atoms with Crippen LogP contribution in [0.15, 0.2) is 53.2 Å². The van der Waals surface area contributed by atoms with Crippen LogP contribution in [0.2, 0.25) is 5.02 Å². The molecule has 2 aromatic rings. The molecule has 1 aliphatic heterocycles. The van der Waals surface area contributed by atoms with Gasteiger partial charge >= 0.3 is 12.1 Å². The fourth-order valence-electron chi connectivity index (χ4n) is 2.74. The van der Waals surface area contributed by atoms with Crippen molar-refractivity contribution in [3.63, 3.8) is 0 Å². The first-order chi connectivity index (χ1) is 14.5. The number of alkyl halides is 3. The van der Waals surface area contributed by atoms with Crippen LogP contribution in [0, 0.1) is 0 Å². The van der Waals surface area contributed by atoms with Crippen LogP contribution in [0.3, 0.4) is 0 Å². The number of hydrogen-bond acceptors (Lipinski definition) is 5. The molecular formula is C20H13Cl2F3N2O4. The number of esters is 1. The zero-order valence-electron chi connectivity index (χ0n) is 15.7. The molecule has 2 aromatic carbocycles. The molecule has 1 heterocycles. The Balaban J connectivity index is 1.88. The summed E-state index contributed by atoms with van der Waals surface area (Å²) in [4.78, 5) is 37.5. The van der Waals surface area contributed by atoms with Crippen molar-refractivity contribution in [3.05, 3.63) is 69.3 Å². The summed E-state index contributed by atoms with van der Waals surface area (Å²) in [5.41, 5.74) is -1.30. The molecule has 0 atom stereocenters. The molecule has 0 fully saturated rings. The number of carbonyl (C=O) groups excluding carboxylic acids is 3. The van der Waals surface area contributed by atoms with Gasteiger partial charge in [0.15, 0.2) is 0 Å². The normalized spacial score (nSPS) is 14.3. The number of halogens is 5. The largest absolute Gasteiger partial charge is 0.462 e. The van der Waals surface area contributed by atoms with E-state index in [1.165, 1.54) is 24.3 Å². The molecule has 0 spiro atoms. The van der Waals surface area contributed by atoms with Gasteiger partial charge in [-0.3, -0.25) is 9.59 Å². The number of hydrogen-bond donors (Lipinski definition) is 1. The van der Waals surface area contributed by atoms with E-state index in [1.54, 1.807) is 6.92 Å². The van der Waals surface area contributed by atoms with Crippen LogP contribution >= 0.6 is 23.2 Å². The summed E-state index contributed by atoms with van der Waals surface area (Å²) in [6.45, 7) is 1.86. The van der Waals surface area contributed by atoms with Crippen LogP contribution in [0.4, 0.5) is 24.5 Å². The average molecular weight is 473 g/mol. The van der Waals surface area contributed by atoms with E-state index in [4.69, 9.17) is 27.9 Å². The topological polar surface area (TPSA) is 75.7 Å². The lowest BCUT2D eigenvalue weighted by atomic mass is 10.1. The number of anilines is 2. The van der Waals surface area contributed by atoms with Crippen LogP contribution in [-0.2, 0) is 20.5 Å². The summed E-state index contributed by atoms with van der Waals surface area (Å²) < 4.78 is 44.0. The van der Waals surface area contributed by atoms with Gasteiger partial charge < -0.3 is 10.1 Å². The molecule has 0 aliphatic carbocycles. The third-order valence-corrected chi connectivity index (χ3v) is 4.88. The lowest BCUT2D eigenvalue weighted by Crippen LogP contribution is -2.32. The van der Waals surface area contributed by atoms with Crippen LogP contribution in [0.1, 0.15) is 22.8 Å². The Morgan fingerprint density at radius 2 is 1.71 bits per heavy atom. The first-order valence-electron chi connectivity index (χ1n) is 8.74. The highest BCUT2D eigenvalue weighted by Crippen LogP contribution is 2.38. The maximum atomic E-state index is 13.0.